The van der Waals surface area contributed by atoms with Crippen molar-refractivity contribution in [3.8, 4) is 11.5 Å². The van der Waals surface area contributed by atoms with Gasteiger partial charge in [0, 0.05) is 29.5 Å². The molecule has 0 saturated carbocycles. The monoisotopic (exact) mass is 478 g/mol. The van der Waals surface area contributed by atoms with Gasteiger partial charge in [0.2, 0.25) is 15.9 Å². The van der Waals surface area contributed by atoms with Crippen molar-refractivity contribution in [2.75, 3.05) is 33.6 Å². The third kappa shape index (κ3) is 5.39. The first kappa shape index (κ1) is 24.4. The Bertz CT molecular complexity index is 1030. The SMILES string of the molecule is COc1ccc(OC)c([C@H](C)NC(=O)C2CCN(S(=O)(=O)c3ccc(SC)cc3)CC2)c1. The second kappa shape index (κ2) is 10.6. The number of thioether (sulfide) groups is 1. The number of carbonyl (C=O) groups excluding carboxylic acids is 1. The molecule has 3 rings (SSSR count). The van der Waals surface area contributed by atoms with Gasteiger partial charge >= 0.3 is 0 Å². The molecule has 1 aliphatic rings. The summed E-state index contributed by atoms with van der Waals surface area (Å²) >= 11 is 1.57. The Morgan fingerprint density at radius 1 is 1.09 bits per heavy atom. The Hall–Kier alpha value is -2.23. The molecule has 1 saturated heterocycles. The van der Waals surface area contributed by atoms with E-state index in [1.807, 2.05) is 43.5 Å². The fraction of sp³-hybridized carbons (Fsp3) is 0.435. The number of methoxy groups -OCH3 is 2. The van der Waals surface area contributed by atoms with Crippen LogP contribution in [0.1, 0.15) is 31.4 Å². The molecule has 0 aromatic heterocycles. The number of hydrogen-bond acceptors (Lipinski definition) is 6. The highest BCUT2D eigenvalue weighted by Gasteiger charge is 2.32. The van der Waals surface area contributed by atoms with Crippen molar-refractivity contribution in [2.24, 2.45) is 5.92 Å². The van der Waals surface area contributed by atoms with Crippen LogP contribution < -0.4 is 14.8 Å². The van der Waals surface area contributed by atoms with Crippen LogP contribution >= 0.6 is 11.8 Å². The fourth-order valence-electron chi connectivity index (χ4n) is 3.84. The first-order valence-electron chi connectivity index (χ1n) is 10.5. The van der Waals surface area contributed by atoms with Crippen LogP contribution in [0.15, 0.2) is 52.3 Å². The molecule has 1 N–H and O–H groups in total. The molecular weight excluding hydrogens is 448 g/mol. The summed E-state index contributed by atoms with van der Waals surface area (Å²) in [6, 6.07) is 12.1. The van der Waals surface area contributed by atoms with Crippen LogP contribution in [0.2, 0.25) is 0 Å². The lowest BCUT2D eigenvalue weighted by atomic mass is 9.96. The van der Waals surface area contributed by atoms with E-state index in [2.05, 4.69) is 5.32 Å². The van der Waals surface area contributed by atoms with Crippen molar-refractivity contribution in [1.82, 2.24) is 9.62 Å². The smallest absolute Gasteiger partial charge is 0.243 e. The quantitative estimate of drug-likeness (QED) is 0.583. The van der Waals surface area contributed by atoms with E-state index in [1.54, 1.807) is 38.1 Å². The van der Waals surface area contributed by atoms with Crippen LogP contribution in [-0.2, 0) is 14.8 Å². The molecule has 2 aromatic rings. The standard InChI is InChI=1S/C23H30N2O5S2/c1-16(21-15-18(29-2)5-10-22(21)30-3)24-23(26)17-11-13-25(14-12-17)32(27,28)20-8-6-19(31-4)7-9-20/h5-10,15-17H,11-14H2,1-4H3,(H,24,26)/t16-/m0/s1. The van der Waals surface area contributed by atoms with Gasteiger partial charge in [0.15, 0.2) is 0 Å². The van der Waals surface area contributed by atoms with Crippen molar-refractivity contribution in [3.63, 3.8) is 0 Å². The molecule has 0 spiro atoms. The lowest BCUT2D eigenvalue weighted by Gasteiger charge is -2.31. The van der Waals surface area contributed by atoms with E-state index >= 15 is 0 Å². The maximum Gasteiger partial charge on any atom is 0.243 e. The summed E-state index contributed by atoms with van der Waals surface area (Å²) in [7, 11) is -0.378. The average molecular weight is 479 g/mol. The number of nitrogens with zero attached hydrogens (tertiary/aromatic N) is 1. The van der Waals surface area contributed by atoms with Gasteiger partial charge in [-0.15, -0.1) is 11.8 Å². The van der Waals surface area contributed by atoms with Crippen molar-refractivity contribution < 1.29 is 22.7 Å². The van der Waals surface area contributed by atoms with E-state index in [-0.39, 0.29) is 22.8 Å². The largest absolute Gasteiger partial charge is 0.497 e. The van der Waals surface area contributed by atoms with E-state index in [9.17, 15) is 13.2 Å². The zero-order valence-corrected chi connectivity index (χ0v) is 20.5. The first-order valence-corrected chi connectivity index (χ1v) is 13.1. The Labute approximate surface area is 194 Å². The van der Waals surface area contributed by atoms with Crippen molar-refractivity contribution in [1.29, 1.82) is 0 Å². The summed E-state index contributed by atoms with van der Waals surface area (Å²) in [5.41, 5.74) is 0.828. The first-order chi connectivity index (χ1) is 15.3. The number of benzene rings is 2. The Morgan fingerprint density at radius 3 is 2.31 bits per heavy atom. The van der Waals surface area contributed by atoms with Gasteiger partial charge in [0.25, 0.3) is 0 Å². The summed E-state index contributed by atoms with van der Waals surface area (Å²) in [6.45, 7) is 2.54. The van der Waals surface area contributed by atoms with Crippen LogP contribution in [0.25, 0.3) is 0 Å². The molecule has 0 bridgehead atoms. The summed E-state index contributed by atoms with van der Waals surface area (Å²) < 4.78 is 38.1. The lowest BCUT2D eigenvalue weighted by molar-refractivity contribution is -0.126. The molecule has 2 aromatic carbocycles. The van der Waals surface area contributed by atoms with Gasteiger partial charge in [-0.05, 0) is 68.5 Å². The Morgan fingerprint density at radius 2 is 1.75 bits per heavy atom. The topological polar surface area (TPSA) is 84.9 Å². The van der Waals surface area contributed by atoms with E-state index in [1.165, 1.54) is 4.31 Å². The van der Waals surface area contributed by atoms with Gasteiger partial charge in [0.05, 0.1) is 25.2 Å². The maximum atomic E-state index is 12.9. The zero-order valence-electron chi connectivity index (χ0n) is 18.8. The molecule has 1 heterocycles. The number of hydrogen-bond donors (Lipinski definition) is 1. The number of nitrogens with one attached hydrogen (secondary N) is 1. The molecule has 0 aliphatic carbocycles. The normalized spacial score (nSPS) is 16.4. The van der Waals surface area contributed by atoms with Gasteiger partial charge in [-0.3, -0.25) is 4.79 Å². The minimum atomic E-state index is -3.56. The van der Waals surface area contributed by atoms with Crippen LogP contribution in [0.4, 0.5) is 0 Å². The second-order valence-electron chi connectivity index (χ2n) is 7.69. The average Bonchev–Trinajstić information content (AvgIpc) is 2.83. The van der Waals surface area contributed by atoms with Crippen LogP contribution in [0.5, 0.6) is 11.5 Å². The molecular formula is C23H30N2O5S2. The van der Waals surface area contributed by atoms with Crippen LogP contribution in [0, 0.1) is 5.92 Å². The molecule has 0 unspecified atom stereocenters. The molecule has 7 nitrogen and oxygen atoms in total. The fourth-order valence-corrected chi connectivity index (χ4v) is 5.72. The molecule has 1 fully saturated rings. The third-order valence-corrected chi connectivity index (χ3v) is 8.44. The van der Waals surface area contributed by atoms with Crippen LogP contribution in [-0.4, -0.2) is 52.2 Å². The van der Waals surface area contributed by atoms with E-state index in [0.29, 0.717) is 37.4 Å². The summed E-state index contributed by atoms with van der Waals surface area (Å²) in [4.78, 5) is 14.2. The lowest BCUT2D eigenvalue weighted by Crippen LogP contribution is -2.43. The van der Waals surface area contributed by atoms with Crippen molar-refractivity contribution >= 4 is 27.7 Å². The molecule has 174 valence electrons. The number of amides is 1. The molecule has 32 heavy (non-hydrogen) atoms. The molecule has 0 radical (unpaired) electrons. The van der Waals surface area contributed by atoms with Gasteiger partial charge in [-0.2, -0.15) is 4.31 Å². The van der Waals surface area contributed by atoms with Gasteiger partial charge < -0.3 is 14.8 Å². The molecule has 1 atom stereocenters. The van der Waals surface area contributed by atoms with E-state index in [0.717, 1.165) is 10.5 Å². The third-order valence-electron chi connectivity index (χ3n) is 5.78. The van der Waals surface area contributed by atoms with Crippen LogP contribution in [0.3, 0.4) is 0 Å². The summed E-state index contributed by atoms with van der Waals surface area (Å²) in [5, 5.41) is 3.05. The van der Waals surface area contributed by atoms with Crippen molar-refractivity contribution in [2.45, 2.75) is 35.6 Å². The van der Waals surface area contributed by atoms with Gasteiger partial charge in [-0.1, -0.05) is 0 Å². The Kier molecular flexibility index (Phi) is 8.08. The molecule has 1 aliphatic heterocycles. The van der Waals surface area contributed by atoms with E-state index in [4.69, 9.17) is 9.47 Å². The molecule has 1 amide bonds. The number of carbonyl (C=O) groups is 1. The van der Waals surface area contributed by atoms with Gasteiger partial charge in [0.1, 0.15) is 11.5 Å². The zero-order chi connectivity index (χ0) is 23.3. The highest BCUT2D eigenvalue weighted by atomic mass is 32.2. The number of piperidine rings is 1. The van der Waals surface area contributed by atoms with Gasteiger partial charge in [-0.25, -0.2) is 8.42 Å². The second-order valence-corrected chi connectivity index (χ2v) is 10.5. The highest BCUT2D eigenvalue weighted by molar-refractivity contribution is 7.98. The maximum absolute atomic E-state index is 12.9. The van der Waals surface area contributed by atoms with Crippen molar-refractivity contribution in [3.05, 3.63) is 48.0 Å². The predicted molar refractivity (Wildman–Crippen MR) is 126 cm³/mol. The minimum Gasteiger partial charge on any atom is -0.497 e. The highest BCUT2D eigenvalue weighted by Crippen LogP contribution is 2.30. The van der Waals surface area contributed by atoms with E-state index < -0.39 is 10.0 Å². The number of rotatable bonds is 8. The number of ether oxygens (including phenoxy) is 2. The predicted octanol–water partition coefficient (Wildman–Crippen LogP) is 3.70. The summed E-state index contributed by atoms with van der Waals surface area (Å²) in [6.07, 6.45) is 2.91. The Balaban J connectivity index is 1.62. The number of sulfonamides is 1. The molecule has 9 heteroatoms. The summed E-state index contributed by atoms with van der Waals surface area (Å²) in [5.74, 6) is 1.04. The minimum absolute atomic E-state index is 0.0799.